The van der Waals surface area contributed by atoms with Crippen molar-refractivity contribution in [2.75, 3.05) is 12.3 Å². The Morgan fingerprint density at radius 2 is 2.10 bits per heavy atom. The topological polar surface area (TPSA) is 81.4 Å². The third-order valence-electron chi connectivity index (χ3n) is 3.57. The van der Waals surface area contributed by atoms with Gasteiger partial charge in [0.1, 0.15) is 10.6 Å². The predicted octanol–water partition coefficient (Wildman–Crippen LogP) is 2.45. The molecule has 0 unspecified atom stereocenters. The minimum atomic E-state index is -3.66. The number of fused-ring (bicyclic) bond motifs is 1. The molecular formula is C15H24N2O3S. The van der Waals surface area contributed by atoms with Gasteiger partial charge < -0.3 is 10.5 Å². The summed E-state index contributed by atoms with van der Waals surface area (Å²) >= 11 is 0. The van der Waals surface area contributed by atoms with E-state index in [0.29, 0.717) is 18.0 Å². The van der Waals surface area contributed by atoms with Crippen LogP contribution in [-0.2, 0) is 16.4 Å². The molecule has 2 rings (SSSR count). The second kappa shape index (κ2) is 5.85. The van der Waals surface area contributed by atoms with Gasteiger partial charge >= 0.3 is 0 Å². The van der Waals surface area contributed by atoms with Gasteiger partial charge in [-0.15, -0.1) is 0 Å². The molecule has 118 valence electrons. The van der Waals surface area contributed by atoms with E-state index in [1.165, 1.54) is 6.07 Å². The molecule has 1 aromatic carbocycles. The molecule has 0 spiro atoms. The number of nitrogens with two attached hydrogens (primary N) is 1. The normalized spacial score (nSPS) is 15.4. The summed E-state index contributed by atoms with van der Waals surface area (Å²) in [6.45, 7) is 6.33. The van der Waals surface area contributed by atoms with Crippen LogP contribution in [-0.4, -0.2) is 20.6 Å². The first-order valence-electron chi connectivity index (χ1n) is 7.34. The summed E-state index contributed by atoms with van der Waals surface area (Å²) < 4.78 is 33.8. The molecule has 0 aliphatic carbocycles. The number of hydrogen-bond acceptors (Lipinski definition) is 4. The van der Waals surface area contributed by atoms with Crippen molar-refractivity contribution in [1.29, 1.82) is 0 Å². The first kappa shape index (κ1) is 16.1. The van der Waals surface area contributed by atoms with E-state index in [4.69, 9.17) is 10.5 Å². The number of ether oxygens (including phenoxy) is 1. The highest BCUT2D eigenvalue weighted by Gasteiger charge is 2.30. The third kappa shape index (κ3) is 3.68. The molecule has 3 N–H and O–H groups in total. The van der Waals surface area contributed by atoms with Gasteiger partial charge in [-0.25, -0.2) is 13.1 Å². The van der Waals surface area contributed by atoms with E-state index in [-0.39, 0.29) is 4.90 Å². The molecule has 6 heteroatoms. The summed E-state index contributed by atoms with van der Waals surface area (Å²) in [5, 5.41) is 0. The summed E-state index contributed by atoms with van der Waals surface area (Å²) in [5.41, 5.74) is 6.68. The van der Waals surface area contributed by atoms with Crippen LogP contribution in [0.2, 0.25) is 0 Å². The van der Waals surface area contributed by atoms with E-state index in [2.05, 4.69) is 4.72 Å². The largest absolute Gasteiger partial charge is 0.492 e. The second-order valence-electron chi connectivity index (χ2n) is 6.20. The lowest BCUT2D eigenvalue weighted by Gasteiger charge is -2.27. The molecule has 1 heterocycles. The summed E-state index contributed by atoms with van der Waals surface area (Å²) in [6.07, 6.45) is 3.34. The van der Waals surface area contributed by atoms with Crippen LogP contribution in [0.15, 0.2) is 17.0 Å². The summed E-state index contributed by atoms with van der Waals surface area (Å²) in [6, 6.07) is 3.28. The van der Waals surface area contributed by atoms with Crippen molar-refractivity contribution in [3.8, 4) is 5.75 Å². The molecule has 0 amide bonds. The first-order chi connectivity index (χ1) is 9.75. The van der Waals surface area contributed by atoms with Crippen molar-refractivity contribution < 1.29 is 13.2 Å². The maximum atomic E-state index is 12.7. The Bertz CT molecular complexity index is 624. The minimum Gasteiger partial charge on any atom is -0.492 e. The van der Waals surface area contributed by atoms with Crippen LogP contribution < -0.4 is 15.2 Å². The standard InChI is InChI=1S/C15H24N2O3S/c1-4-7-15(2,3)17-21(18,19)13-10-12(16)9-11-6-5-8-20-14(11)13/h9-10,17H,4-8,16H2,1-3H3. The Labute approximate surface area is 126 Å². The fourth-order valence-corrected chi connectivity index (χ4v) is 4.43. The molecule has 0 bridgehead atoms. The monoisotopic (exact) mass is 312 g/mol. The van der Waals surface area contributed by atoms with E-state index in [0.717, 1.165) is 31.2 Å². The molecule has 0 radical (unpaired) electrons. The molecule has 1 aliphatic rings. The quantitative estimate of drug-likeness (QED) is 0.818. The fraction of sp³-hybridized carbons (Fsp3) is 0.600. The molecule has 0 saturated carbocycles. The molecule has 0 fully saturated rings. The van der Waals surface area contributed by atoms with Gasteiger partial charge in [0, 0.05) is 11.2 Å². The van der Waals surface area contributed by atoms with Gasteiger partial charge in [-0.2, -0.15) is 0 Å². The maximum absolute atomic E-state index is 12.7. The zero-order valence-electron chi connectivity index (χ0n) is 12.9. The van der Waals surface area contributed by atoms with Crippen molar-refractivity contribution in [3.63, 3.8) is 0 Å². The van der Waals surface area contributed by atoms with Crippen molar-refractivity contribution in [3.05, 3.63) is 17.7 Å². The van der Waals surface area contributed by atoms with E-state index < -0.39 is 15.6 Å². The lowest BCUT2D eigenvalue weighted by molar-refractivity contribution is 0.280. The number of hydrogen-bond donors (Lipinski definition) is 2. The van der Waals surface area contributed by atoms with Gasteiger partial charge in [-0.05, 0) is 50.8 Å². The number of rotatable bonds is 5. The number of aryl methyl sites for hydroxylation is 1. The lowest BCUT2D eigenvalue weighted by atomic mass is 10.0. The summed E-state index contributed by atoms with van der Waals surface area (Å²) in [4.78, 5) is 0.154. The zero-order chi connectivity index (χ0) is 15.7. The van der Waals surface area contributed by atoms with Gasteiger partial charge in [0.25, 0.3) is 0 Å². The van der Waals surface area contributed by atoms with Crippen LogP contribution in [0.4, 0.5) is 5.69 Å². The Kier molecular flexibility index (Phi) is 4.49. The van der Waals surface area contributed by atoms with Gasteiger partial charge in [0.05, 0.1) is 6.61 Å². The van der Waals surface area contributed by atoms with Gasteiger partial charge in [0.2, 0.25) is 10.0 Å². The van der Waals surface area contributed by atoms with Crippen LogP contribution >= 0.6 is 0 Å². The van der Waals surface area contributed by atoms with Crippen molar-refractivity contribution >= 4 is 15.7 Å². The average molecular weight is 312 g/mol. The van der Waals surface area contributed by atoms with Crippen LogP contribution in [0.1, 0.15) is 45.6 Å². The highest BCUT2D eigenvalue weighted by molar-refractivity contribution is 7.89. The molecule has 21 heavy (non-hydrogen) atoms. The Morgan fingerprint density at radius 3 is 2.76 bits per heavy atom. The summed E-state index contributed by atoms with van der Waals surface area (Å²) in [7, 11) is -3.66. The molecule has 0 aromatic heterocycles. The summed E-state index contributed by atoms with van der Waals surface area (Å²) in [5.74, 6) is 0.454. The molecule has 0 saturated heterocycles. The van der Waals surface area contributed by atoms with E-state index in [1.807, 2.05) is 20.8 Å². The van der Waals surface area contributed by atoms with E-state index in [1.54, 1.807) is 6.07 Å². The van der Waals surface area contributed by atoms with Crippen LogP contribution in [0.3, 0.4) is 0 Å². The molecule has 0 atom stereocenters. The predicted molar refractivity (Wildman–Crippen MR) is 84.0 cm³/mol. The number of anilines is 1. The Hall–Kier alpha value is -1.27. The molecule has 1 aliphatic heterocycles. The number of benzene rings is 1. The molecule has 5 nitrogen and oxygen atoms in total. The highest BCUT2D eigenvalue weighted by atomic mass is 32.2. The maximum Gasteiger partial charge on any atom is 0.244 e. The highest BCUT2D eigenvalue weighted by Crippen LogP contribution is 2.35. The van der Waals surface area contributed by atoms with Crippen LogP contribution in [0.25, 0.3) is 0 Å². The minimum absolute atomic E-state index is 0.154. The van der Waals surface area contributed by atoms with Gasteiger partial charge in [-0.1, -0.05) is 13.3 Å². The average Bonchev–Trinajstić information content (AvgIpc) is 2.36. The third-order valence-corrected chi connectivity index (χ3v) is 5.27. The van der Waals surface area contributed by atoms with Gasteiger partial charge in [-0.3, -0.25) is 0 Å². The van der Waals surface area contributed by atoms with E-state index >= 15 is 0 Å². The van der Waals surface area contributed by atoms with Crippen molar-refractivity contribution in [1.82, 2.24) is 4.72 Å². The Morgan fingerprint density at radius 1 is 1.38 bits per heavy atom. The molecule has 1 aromatic rings. The Balaban J connectivity index is 2.43. The van der Waals surface area contributed by atoms with E-state index in [9.17, 15) is 8.42 Å². The number of nitrogen functional groups attached to an aromatic ring is 1. The van der Waals surface area contributed by atoms with Crippen LogP contribution in [0.5, 0.6) is 5.75 Å². The van der Waals surface area contributed by atoms with Crippen molar-refractivity contribution in [2.45, 2.75) is 56.9 Å². The fourth-order valence-electron chi connectivity index (χ4n) is 2.76. The lowest BCUT2D eigenvalue weighted by Crippen LogP contribution is -2.43. The van der Waals surface area contributed by atoms with Crippen LogP contribution in [0, 0.1) is 0 Å². The van der Waals surface area contributed by atoms with Crippen molar-refractivity contribution in [2.24, 2.45) is 0 Å². The molecular weight excluding hydrogens is 288 g/mol. The first-order valence-corrected chi connectivity index (χ1v) is 8.83. The number of sulfonamides is 1. The smallest absolute Gasteiger partial charge is 0.244 e. The zero-order valence-corrected chi connectivity index (χ0v) is 13.7. The second-order valence-corrected chi connectivity index (χ2v) is 7.85. The number of nitrogens with one attached hydrogen (secondary N) is 1. The van der Waals surface area contributed by atoms with Gasteiger partial charge in [0.15, 0.2) is 0 Å². The SMILES string of the molecule is CCCC(C)(C)NS(=O)(=O)c1cc(N)cc2c1OCCC2.